The second-order valence-corrected chi connectivity index (χ2v) is 8.67. The number of hydrogen-bond donors (Lipinski definition) is 0. The Labute approximate surface area is 168 Å². The number of aryl methyl sites for hydroxylation is 1. The summed E-state index contributed by atoms with van der Waals surface area (Å²) in [6, 6.07) is 25.7. The van der Waals surface area contributed by atoms with E-state index in [4.69, 9.17) is 9.31 Å². The van der Waals surface area contributed by atoms with Gasteiger partial charge in [0.25, 0.3) is 0 Å². The molecule has 1 heterocycles. The fourth-order valence-corrected chi connectivity index (χ4v) is 3.60. The summed E-state index contributed by atoms with van der Waals surface area (Å²) < 4.78 is 12.5. The predicted octanol–water partition coefficient (Wildman–Crippen LogP) is 5.63. The van der Waals surface area contributed by atoms with Gasteiger partial charge >= 0.3 is 7.12 Å². The topological polar surface area (TPSA) is 18.5 Å². The number of rotatable bonds is 3. The molecule has 0 bridgehead atoms. The van der Waals surface area contributed by atoms with Gasteiger partial charge < -0.3 is 9.31 Å². The van der Waals surface area contributed by atoms with Gasteiger partial charge in [0, 0.05) is 0 Å². The summed E-state index contributed by atoms with van der Waals surface area (Å²) in [4.78, 5) is 0. The van der Waals surface area contributed by atoms with Crippen LogP contribution in [0.25, 0.3) is 22.3 Å². The first-order chi connectivity index (χ1) is 13.2. The van der Waals surface area contributed by atoms with Crippen molar-refractivity contribution in [2.45, 2.75) is 45.8 Å². The molecular formula is C25H27BO2. The van der Waals surface area contributed by atoms with Crippen LogP contribution >= 0.6 is 0 Å². The lowest BCUT2D eigenvalue weighted by Gasteiger charge is -2.32. The van der Waals surface area contributed by atoms with E-state index in [2.05, 4.69) is 101 Å². The maximum Gasteiger partial charge on any atom is 0.494 e. The van der Waals surface area contributed by atoms with Gasteiger partial charge in [0.1, 0.15) is 0 Å². The summed E-state index contributed by atoms with van der Waals surface area (Å²) in [6.45, 7) is 10.5. The third kappa shape index (κ3) is 3.53. The Hall–Kier alpha value is -2.36. The highest BCUT2D eigenvalue weighted by Crippen LogP contribution is 2.37. The summed E-state index contributed by atoms with van der Waals surface area (Å²) >= 11 is 0. The van der Waals surface area contributed by atoms with Crippen LogP contribution in [0, 0.1) is 6.92 Å². The predicted molar refractivity (Wildman–Crippen MR) is 118 cm³/mol. The van der Waals surface area contributed by atoms with E-state index in [1.807, 2.05) is 6.07 Å². The lowest BCUT2D eigenvalue weighted by molar-refractivity contribution is 0.00578. The minimum Gasteiger partial charge on any atom is -0.399 e. The van der Waals surface area contributed by atoms with Crippen molar-refractivity contribution in [1.82, 2.24) is 0 Å². The molecule has 4 rings (SSSR count). The fourth-order valence-electron chi connectivity index (χ4n) is 3.60. The normalized spacial score (nSPS) is 17.7. The van der Waals surface area contributed by atoms with Crippen LogP contribution in [0.4, 0.5) is 0 Å². The van der Waals surface area contributed by atoms with Crippen LogP contribution in [0.1, 0.15) is 33.3 Å². The second kappa shape index (κ2) is 6.91. The SMILES string of the molecule is Cc1cc(B2OC(C)(C)C(C)(C)O2)cc(-c2cccc(-c3ccccc3)c2)c1. The molecule has 0 unspecified atom stereocenters. The molecule has 0 N–H and O–H groups in total. The quantitative estimate of drug-likeness (QED) is 0.557. The zero-order valence-corrected chi connectivity index (χ0v) is 17.3. The third-order valence-electron chi connectivity index (χ3n) is 5.93. The summed E-state index contributed by atoms with van der Waals surface area (Å²) in [6.07, 6.45) is 0. The van der Waals surface area contributed by atoms with Crippen molar-refractivity contribution in [1.29, 1.82) is 0 Å². The molecule has 0 aliphatic carbocycles. The molecule has 3 aromatic carbocycles. The van der Waals surface area contributed by atoms with Crippen LogP contribution in [-0.4, -0.2) is 18.3 Å². The maximum absolute atomic E-state index is 6.27. The van der Waals surface area contributed by atoms with E-state index in [1.165, 1.54) is 27.8 Å². The van der Waals surface area contributed by atoms with Gasteiger partial charge in [0.05, 0.1) is 11.2 Å². The van der Waals surface area contributed by atoms with E-state index in [1.54, 1.807) is 0 Å². The van der Waals surface area contributed by atoms with E-state index in [9.17, 15) is 0 Å². The van der Waals surface area contributed by atoms with Gasteiger partial charge in [-0.2, -0.15) is 0 Å². The van der Waals surface area contributed by atoms with Crippen LogP contribution in [0.15, 0.2) is 72.8 Å². The molecule has 0 amide bonds. The molecule has 0 radical (unpaired) electrons. The Kier molecular flexibility index (Phi) is 4.69. The molecule has 1 aliphatic heterocycles. The summed E-state index contributed by atoms with van der Waals surface area (Å²) in [5.74, 6) is 0. The molecule has 142 valence electrons. The molecule has 2 nitrogen and oxygen atoms in total. The Balaban J connectivity index is 1.71. The molecule has 0 aromatic heterocycles. The van der Waals surface area contributed by atoms with Crippen molar-refractivity contribution in [3.63, 3.8) is 0 Å². The molecule has 0 saturated carbocycles. The van der Waals surface area contributed by atoms with Gasteiger partial charge in [-0.15, -0.1) is 0 Å². The molecule has 0 spiro atoms. The van der Waals surface area contributed by atoms with E-state index in [0.717, 1.165) is 5.46 Å². The standard InChI is InChI=1S/C25H27BO2/c1-18-14-22(17-23(15-18)26-27-24(2,3)25(4,5)28-26)21-13-9-12-20(16-21)19-10-7-6-8-11-19/h6-17H,1-5H3. The molecule has 1 aliphatic rings. The first-order valence-corrected chi connectivity index (χ1v) is 9.88. The van der Waals surface area contributed by atoms with Crippen molar-refractivity contribution in [2.24, 2.45) is 0 Å². The highest BCUT2D eigenvalue weighted by Gasteiger charge is 2.51. The molecule has 0 atom stereocenters. The molecule has 1 fully saturated rings. The smallest absolute Gasteiger partial charge is 0.399 e. The van der Waals surface area contributed by atoms with Gasteiger partial charge in [-0.25, -0.2) is 0 Å². The fraction of sp³-hybridized carbons (Fsp3) is 0.280. The largest absolute Gasteiger partial charge is 0.494 e. The molecule has 1 saturated heterocycles. The van der Waals surface area contributed by atoms with Crippen LogP contribution in [0.3, 0.4) is 0 Å². The Morgan fingerprint density at radius 1 is 0.607 bits per heavy atom. The molecule has 3 aromatic rings. The second-order valence-electron chi connectivity index (χ2n) is 8.67. The van der Waals surface area contributed by atoms with Crippen molar-refractivity contribution in [3.8, 4) is 22.3 Å². The maximum atomic E-state index is 6.27. The minimum absolute atomic E-state index is 0.338. The first-order valence-electron chi connectivity index (χ1n) is 9.88. The van der Waals surface area contributed by atoms with Gasteiger partial charge in [-0.3, -0.25) is 0 Å². The van der Waals surface area contributed by atoms with Crippen molar-refractivity contribution in [3.05, 3.63) is 78.4 Å². The molecular weight excluding hydrogens is 343 g/mol. The van der Waals surface area contributed by atoms with Gasteiger partial charge in [-0.1, -0.05) is 72.3 Å². The van der Waals surface area contributed by atoms with Crippen LogP contribution in [0.2, 0.25) is 0 Å². The lowest BCUT2D eigenvalue weighted by Crippen LogP contribution is -2.41. The van der Waals surface area contributed by atoms with Crippen molar-refractivity contribution < 1.29 is 9.31 Å². The summed E-state index contributed by atoms with van der Waals surface area (Å²) in [7, 11) is -0.346. The molecule has 28 heavy (non-hydrogen) atoms. The third-order valence-corrected chi connectivity index (χ3v) is 5.93. The highest BCUT2D eigenvalue weighted by atomic mass is 16.7. The van der Waals surface area contributed by atoms with Crippen LogP contribution < -0.4 is 5.46 Å². The Morgan fingerprint density at radius 3 is 1.82 bits per heavy atom. The Bertz CT molecular complexity index is 976. The zero-order chi connectivity index (χ0) is 19.9. The van der Waals surface area contributed by atoms with Crippen LogP contribution in [-0.2, 0) is 9.31 Å². The summed E-state index contributed by atoms with van der Waals surface area (Å²) in [5.41, 5.74) is 6.42. The number of hydrogen-bond acceptors (Lipinski definition) is 2. The monoisotopic (exact) mass is 370 g/mol. The van der Waals surface area contributed by atoms with Crippen LogP contribution in [0.5, 0.6) is 0 Å². The zero-order valence-electron chi connectivity index (χ0n) is 17.3. The summed E-state index contributed by atoms with van der Waals surface area (Å²) in [5, 5.41) is 0. The van der Waals surface area contributed by atoms with Crippen molar-refractivity contribution in [2.75, 3.05) is 0 Å². The average molecular weight is 370 g/mol. The lowest BCUT2D eigenvalue weighted by atomic mass is 9.77. The van der Waals surface area contributed by atoms with Crippen molar-refractivity contribution >= 4 is 12.6 Å². The van der Waals surface area contributed by atoms with Gasteiger partial charge in [0.15, 0.2) is 0 Å². The minimum atomic E-state index is -0.346. The van der Waals surface area contributed by atoms with E-state index >= 15 is 0 Å². The average Bonchev–Trinajstić information content (AvgIpc) is 2.89. The molecule has 3 heteroatoms. The van der Waals surface area contributed by atoms with Gasteiger partial charge in [-0.05, 0) is 68.4 Å². The highest BCUT2D eigenvalue weighted by molar-refractivity contribution is 6.62. The van der Waals surface area contributed by atoms with E-state index in [0.29, 0.717) is 0 Å². The van der Waals surface area contributed by atoms with E-state index in [-0.39, 0.29) is 18.3 Å². The first kappa shape index (κ1) is 19.0. The Morgan fingerprint density at radius 2 is 1.18 bits per heavy atom. The van der Waals surface area contributed by atoms with Gasteiger partial charge in [0.2, 0.25) is 0 Å². The number of benzene rings is 3. The van der Waals surface area contributed by atoms with E-state index < -0.39 is 0 Å².